The molecule has 0 bridgehead atoms. The third kappa shape index (κ3) is 6.28. The first-order chi connectivity index (χ1) is 14.7. The molecule has 1 N–H and O–H groups in total. The molecule has 31 heavy (non-hydrogen) atoms. The molecule has 2 aromatic rings. The lowest BCUT2D eigenvalue weighted by Gasteiger charge is -2.12. The number of carboxylic acids is 1. The number of carbonyl (C=O) groups excluding carboxylic acids is 2. The summed E-state index contributed by atoms with van der Waals surface area (Å²) in [6.45, 7) is 10.8. The van der Waals surface area contributed by atoms with Gasteiger partial charge in [0.2, 0.25) is 0 Å². The topological polar surface area (TPSA) is 108 Å². The van der Waals surface area contributed by atoms with Gasteiger partial charge < -0.3 is 19.5 Å². The summed E-state index contributed by atoms with van der Waals surface area (Å²) in [6, 6.07) is 9.32. The monoisotopic (exact) mass is 426 g/mol. The molecular weight excluding hydrogens is 404 g/mol. The van der Waals surface area contributed by atoms with Crippen molar-refractivity contribution in [2.24, 2.45) is 0 Å². The summed E-state index contributed by atoms with van der Waals surface area (Å²) in [7, 11) is 0. The SMILES string of the molecule is C=C(C)OOCCOC(=O)c1cc(-c2ccc(C(=C)C)c(OC=O)c2)ccc1C(=O)O. The van der Waals surface area contributed by atoms with Crippen LogP contribution in [0.25, 0.3) is 16.7 Å². The minimum Gasteiger partial charge on any atom is -0.478 e. The standard InChI is InChI=1S/C23H22O8/c1-14(2)18-7-5-17(12-21(18)29-13-24)16-6-8-19(22(25)26)20(11-16)23(27)28-9-10-30-31-15(3)4/h5-8,11-13H,1,3,9-10H2,2,4H3,(H,25,26). The Morgan fingerprint density at radius 3 is 2.19 bits per heavy atom. The lowest BCUT2D eigenvalue weighted by Crippen LogP contribution is -2.15. The van der Waals surface area contributed by atoms with Gasteiger partial charge in [0.1, 0.15) is 24.7 Å². The lowest BCUT2D eigenvalue weighted by atomic mass is 9.97. The van der Waals surface area contributed by atoms with Crippen LogP contribution < -0.4 is 4.74 Å². The Morgan fingerprint density at radius 1 is 0.968 bits per heavy atom. The molecule has 0 amide bonds. The van der Waals surface area contributed by atoms with Gasteiger partial charge in [-0.3, -0.25) is 4.79 Å². The molecule has 0 fully saturated rings. The Bertz CT molecular complexity index is 1020. The summed E-state index contributed by atoms with van der Waals surface area (Å²) in [5.74, 6) is -1.48. The second-order valence-electron chi connectivity index (χ2n) is 6.51. The van der Waals surface area contributed by atoms with Crippen molar-refractivity contribution in [3.05, 3.63) is 72.0 Å². The molecule has 0 spiro atoms. The van der Waals surface area contributed by atoms with E-state index < -0.39 is 11.9 Å². The third-order valence-corrected chi connectivity index (χ3v) is 4.02. The minimum atomic E-state index is -1.28. The highest BCUT2D eigenvalue weighted by atomic mass is 17.2. The summed E-state index contributed by atoms with van der Waals surface area (Å²) < 4.78 is 10.1. The molecule has 0 radical (unpaired) electrons. The van der Waals surface area contributed by atoms with Crippen LogP contribution in [0.15, 0.2) is 55.3 Å². The molecule has 0 saturated heterocycles. The van der Waals surface area contributed by atoms with Crippen molar-refractivity contribution < 1.29 is 38.7 Å². The fourth-order valence-electron chi connectivity index (χ4n) is 2.67. The number of ether oxygens (including phenoxy) is 2. The van der Waals surface area contributed by atoms with Crippen LogP contribution in [0.1, 0.15) is 40.1 Å². The normalized spacial score (nSPS) is 10.1. The number of carbonyl (C=O) groups is 3. The van der Waals surface area contributed by atoms with E-state index in [2.05, 4.69) is 13.2 Å². The molecule has 0 saturated carbocycles. The smallest absolute Gasteiger partial charge is 0.339 e. The van der Waals surface area contributed by atoms with Gasteiger partial charge in [-0.05, 0) is 48.7 Å². The van der Waals surface area contributed by atoms with Gasteiger partial charge in [0, 0.05) is 5.56 Å². The fraction of sp³-hybridized carbons (Fsp3) is 0.174. The van der Waals surface area contributed by atoms with Gasteiger partial charge in [0.05, 0.1) is 11.1 Å². The zero-order valence-electron chi connectivity index (χ0n) is 17.2. The van der Waals surface area contributed by atoms with Crippen molar-refractivity contribution in [1.29, 1.82) is 0 Å². The number of rotatable bonds is 11. The maximum Gasteiger partial charge on any atom is 0.339 e. The maximum atomic E-state index is 12.5. The molecular formula is C23H22O8. The maximum absolute atomic E-state index is 12.5. The molecule has 8 heteroatoms. The number of allylic oxidation sites excluding steroid dienone is 2. The van der Waals surface area contributed by atoms with E-state index in [9.17, 15) is 19.5 Å². The Balaban J connectivity index is 2.32. The molecule has 0 aromatic heterocycles. The van der Waals surface area contributed by atoms with Crippen molar-refractivity contribution in [3.63, 3.8) is 0 Å². The van der Waals surface area contributed by atoms with Gasteiger partial charge >= 0.3 is 11.9 Å². The number of carboxylic acid groups (broad SMARTS) is 1. The average Bonchev–Trinajstić information content (AvgIpc) is 2.72. The van der Waals surface area contributed by atoms with Crippen LogP contribution in [0.5, 0.6) is 5.75 Å². The van der Waals surface area contributed by atoms with Crippen molar-refractivity contribution in [3.8, 4) is 16.9 Å². The largest absolute Gasteiger partial charge is 0.478 e. The van der Waals surface area contributed by atoms with E-state index in [0.29, 0.717) is 40.2 Å². The second kappa shape index (κ2) is 10.7. The fourth-order valence-corrected chi connectivity index (χ4v) is 2.67. The van der Waals surface area contributed by atoms with E-state index >= 15 is 0 Å². The molecule has 2 rings (SSSR count). The molecule has 8 nitrogen and oxygen atoms in total. The van der Waals surface area contributed by atoms with Crippen molar-refractivity contribution >= 4 is 24.0 Å². The highest BCUT2D eigenvalue weighted by Crippen LogP contribution is 2.32. The van der Waals surface area contributed by atoms with Gasteiger partial charge in [-0.25, -0.2) is 9.59 Å². The zero-order valence-corrected chi connectivity index (χ0v) is 17.2. The summed E-state index contributed by atoms with van der Waals surface area (Å²) in [5.41, 5.74) is 2.14. The van der Waals surface area contributed by atoms with Crippen LogP contribution in [-0.2, 0) is 19.3 Å². The van der Waals surface area contributed by atoms with E-state index in [1.54, 1.807) is 38.1 Å². The molecule has 0 aliphatic carbocycles. The van der Waals surface area contributed by atoms with E-state index in [1.807, 2.05) is 0 Å². The highest BCUT2D eigenvalue weighted by molar-refractivity contribution is 6.03. The van der Waals surface area contributed by atoms with Crippen LogP contribution >= 0.6 is 0 Å². The van der Waals surface area contributed by atoms with E-state index in [-0.39, 0.29) is 24.3 Å². The van der Waals surface area contributed by atoms with Crippen LogP contribution in [-0.4, -0.2) is 36.7 Å². The molecule has 0 aliphatic rings. The quantitative estimate of drug-likeness (QED) is 0.142. The summed E-state index contributed by atoms with van der Waals surface area (Å²) in [4.78, 5) is 44.4. The Hall–Kier alpha value is -3.91. The lowest BCUT2D eigenvalue weighted by molar-refractivity contribution is -0.264. The molecule has 0 aliphatic heterocycles. The van der Waals surface area contributed by atoms with E-state index in [4.69, 9.17) is 19.2 Å². The second-order valence-corrected chi connectivity index (χ2v) is 6.51. The zero-order chi connectivity index (χ0) is 23.0. The van der Waals surface area contributed by atoms with Gasteiger partial charge in [-0.15, -0.1) is 0 Å². The average molecular weight is 426 g/mol. The number of esters is 1. The predicted molar refractivity (Wildman–Crippen MR) is 112 cm³/mol. The summed E-state index contributed by atoms with van der Waals surface area (Å²) in [6.07, 6.45) is 0. The molecule has 2 aromatic carbocycles. The van der Waals surface area contributed by atoms with Gasteiger partial charge in [0.15, 0.2) is 0 Å². The molecule has 162 valence electrons. The number of hydrogen-bond acceptors (Lipinski definition) is 7. The molecule has 0 unspecified atom stereocenters. The van der Waals surface area contributed by atoms with Crippen molar-refractivity contribution in [1.82, 2.24) is 0 Å². The first-order valence-electron chi connectivity index (χ1n) is 9.14. The number of aromatic carboxylic acids is 1. The van der Waals surface area contributed by atoms with Gasteiger partial charge in [0.25, 0.3) is 6.47 Å². The number of hydrogen-bond donors (Lipinski definition) is 1. The van der Waals surface area contributed by atoms with Gasteiger partial charge in [-0.1, -0.05) is 31.4 Å². The first-order valence-corrected chi connectivity index (χ1v) is 9.14. The first kappa shape index (κ1) is 23.4. The third-order valence-electron chi connectivity index (χ3n) is 4.02. The van der Waals surface area contributed by atoms with E-state index in [0.717, 1.165) is 0 Å². The minimum absolute atomic E-state index is 0.0601. The Labute approximate surface area is 179 Å². The summed E-state index contributed by atoms with van der Waals surface area (Å²) in [5, 5.41) is 9.43. The van der Waals surface area contributed by atoms with Crippen LogP contribution in [0.4, 0.5) is 0 Å². The molecule has 0 atom stereocenters. The van der Waals surface area contributed by atoms with E-state index in [1.165, 1.54) is 12.1 Å². The summed E-state index contributed by atoms with van der Waals surface area (Å²) >= 11 is 0. The predicted octanol–water partition coefficient (Wildman–Crippen LogP) is 4.26. The van der Waals surface area contributed by atoms with Crippen LogP contribution in [0.3, 0.4) is 0 Å². The van der Waals surface area contributed by atoms with Crippen molar-refractivity contribution in [2.75, 3.05) is 13.2 Å². The Morgan fingerprint density at radius 2 is 1.61 bits per heavy atom. The van der Waals surface area contributed by atoms with Crippen LogP contribution in [0.2, 0.25) is 0 Å². The van der Waals surface area contributed by atoms with Crippen molar-refractivity contribution in [2.45, 2.75) is 13.8 Å². The molecule has 0 heterocycles. The highest BCUT2D eigenvalue weighted by Gasteiger charge is 2.19. The van der Waals surface area contributed by atoms with Crippen LogP contribution in [0, 0.1) is 0 Å². The number of benzene rings is 2. The Kier molecular flexibility index (Phi) is 8.10. The van der Waals surface area contributed by atoms with Gasteiger partial charge in [-0.2, -0.15) is 4.89 Å².